The van der Waals surface area contributed by atoms with Crippen molar-refractivity contribution in [1.29, 1.82) is 0 Å². The van der Waals surface area contributed by atoms with Crippen LogP contribution in [-0.4, -0.2) is 41.6 Å². The lowest BCUT2D eigenvalue weighted by molar-refractivity contribution is -0.147. The Morgan fingerprint density at radius 1 is 0.577 bits per heavy atom. The molecule has 1 amide bonds. The van der Waals surface area contributed by atoms with E-state index in [1.54, 1.807) is 0 Å². The first kappa shape index (κ1) is 49.6. The lowest BCUT2D eigenvalue weighted by Gasteiger charge is -2.15. The van der Waals surface area contributed by atoms with Gasteiger partial charge in [-0.2, -0.15) is 0 Å². The summed E-state index contributed by atoms with van der Waals surface area (Å²) < 4.78 is 5.88. The normalized spacial score (nSPS) is 13.0. The van der Waals surface area contributed by atoms with Gasteiger partial charge >= 0.3 is 11.9 Å². The molecular weight excluding hydrogens is 649 g/mol. The number of aliphatic carboxylic acids is 1. The van der Waals surface area contributed by atoms with E-state index in [-0.39, 0.29) is 18.0 Å². The van der Waals surface area contributed by atoms with Crippen LogP contribution in [0, 0.1) is 0 Å². The summed E-state index contributed by atoms with van der Waals surface area (Å²) in [7, 11) is 0. The first-order valence-electron chi connectivity index (χ1n) is 21.8. The maximum atomic E-state index is 12.7. The van der Waals surface area contributed by atoms with Crippen LogP contribution in [0.15, 0.2) is 36.5 Å². The van der Waals surface area contributed by atoms with E-state index < -0.39 is 12.0 Å². The van der Waals surface area contributed by atoms with Gasteiger partial charge in [0.05, 0.1) is 0 Å². The highest BCUT2D eigenvalue weighted by Gasteiger charge is 2.19. The average molecular weight is 731 g/mol. The number of carboxylic acid groups (broad SMARTS) is 1. The van der Waals surface area contributed by atoms with Crippen molar-refractivity contribution < 1.29 is 24.2 Å². The number of carbonyl (C=O) groups is 3. The van der Waals surface area contributed by atoms with Gasteiger partial charge in [0, 0.05) is 12.8 Å². The highest BCUT2D eigenvalue weighted by molar-refractivity contribution is 5.83. The fourth-order valence-corrected chi connectivity index (χ4v) is 6.34. The average Bonchev–Trinajstić information content (AvgIpc) is 3.13. The summed E-state index contributed by atoms with van der Waals surface area (Å²) >= 11 is 0. The van der Waals surface area contributed by atoms with Crippen LogP contribution >= 0.6 is 0 Å². The predicted octanol–water partition coefficient (Wildman–Crippen LogP) is 12.2. The fourth-order valence-electron chi connectivity index (χ4n) is 6.34. The Morgan fingerprint density at radius 2 is 1.10 bits per heavy atom. The molecule has 0 aromatic heterocycles. The molecule has 2 atom stereocenters. The Morgan fingerprint density at radius 3 is 1.65 bits per heavy atom. The van der Waals surface area contributed by atoms with E-state index in [9.17, 15) is 19.5 Å². The van der Waals surface area contributed by atoms with Crippen molar-refractivity contribution in [2.45, 2.75) is 225 Å². The number of rotatable bonds is 39. The minimum atomic E-state index is -1.02. The van der Waals surface area contributed by atoms with Crippen LogP contribution in [0.5, 0.6) is 0 Å². The topological polar surface area (TPSA) is 119 Å². The van der Waals surface area contributed by atoms with Gasteiger partial charge in [-0.05, 0) is 89.7 Å². The molecule has 0 aromatic rings. The molecule has 0 fully saturated rings. The summed E-state index contributed by atoms with van der Waals surface area (Å²) in [4.78, 5) is 36.2. The second-order valence-corrected chi connectivity index (χ2v) is 14.7. The van der Waals surface area contributed by atoms with Crippen LogP contribution in [0.1, 0.15) is 213 Å². The Kier molecular flexibility index (Phi) is 37.9. The molecule has 302 valence electrons. The van der Waals surface area contributed by atoms with Gasteiger partial charge in [-0.25, -0.2) is 4.79 Å². The number of esters is 1. The van der Waals surface area contributed by atoms with Gasteiger partial charge in [-0.15, -0.1) is 0 Å². The predicted molar refractivity (Wildman–Crippen MR) is 220 cm³/mol. The molecule has 0 aliphatic carbocycles. The Balaban J connectivity index is 4.06. The van der Waals surface area contributed by atoms with Crippen molar-refractivity contribution in [3.05, 3.63) is 36.5 Å². The van der Waals surface area contributed by atoms with Crippen LogP contribution in [0.25, 0.3) is 0 Å². The van der Waals surface area contributed by atoms with E-state index >= 15 is 0 Å². The van der Waals surface area contributed by atoms with Crippen LogP contribution in [0.3, 0.4) is 0 Å². The van der Waals surface area contributed by atoms with E-state index in [2.05, 4.69) is 49.5 Å². The summed E-state index contributed by atoms with van der Waals surface area (Å²) in [5.74, 6) is -1.36. The molecule has 0 radical (unpaired) electrons. The van der Waals surface area contributed by atoms with E-state index in [4.69, 9.17) is 10.5 Å². The molecule has 0 aliphatic rings. The number of allylic oxidation sites excluding steroid dienone is 5. The lowest BCUT2D eigenvalue weighted by Crippen LogP contribution is -2.40. The second-order valence-electron chi connectivity index (χ2n) is 14.7. The maximum absolute atomic E-state index is 12.7. The molecule has 4 N–H and O–H groups in total. The molecule has 2 unspecified atom stereocenters. The fraction of sp³-hybridized carbons (Fsp3) is 0.800. The minimum Gasteiger partial charge on any atom is -0.480 e. The van der Waals surface area contributed by atoms with Crippen molar-refractivity contribution in [2.24, 2.45) is 5.73 Å². The van der Waals surface area contributed by atoms with Crippen molar-refractivity contribution in [1.82, 2.24) is 5.32 Å². The first-order valence-corrected chi connectivity index (χ1v) is 21.8. The third-order valence-corrected chi connectivity index (χ3v) is 9.64. The highest BCUT2D eigenvalue weighted by atomic mass is 16.5. The van der Waals surface area contributed by atoms with Gasteiger partial charge in [0.1, 0.15) is 12.1 Å². The molecule has 7 nitrogen and oxygen atoms in total. The Hall–Kier alpha value is -2.41. The van der Waals surface area contributed by atoms with E-state index in [1.807, 2.05) is 6.08 Å². The summed E-state index contributed by atoms with van der Waals surface area (Å²) in [6, 6.07) is -0.873. The van der Waals surface area contributed by atoms with Crippen LogP contribution in [0.4, 0.5) is 0 Å². The molecule has 0 saturated heterocycles. The van der Waals surface area contributed by atoms with Gasteiger partial charge in [-0.1, -0.05) is 153 Å². The van der Waals surface area contributed by atoms with E-state index in [0.29, 0.717) is 38.6 Å². The summed E-state index contributed by atoms with van der Waals surface area (Å²) in [5.41, 5.74) is 5.47. The smallest absolute Gasteiger partial charge is 0.326 e. The molecule has 0 aromatic carbocycles. The summed E-state index contributed by atoms with van der Waals surface area (Å²) in [6.45, 7) is 4.85. The number of ether oxygens (including phenoxy) is 1. The van der Waals surface area contributed by atoms with Crippen molar-refractivity contribution >= 4 is 17.8 Å². The minimum absolute atomic E-state index is 0.109. The zero-order chi connectivity index (χ0) is 38.2. The second kappa shape index (κ2) is 39.8. The molecule has 0 saturated carbocycles. The molecule has 7 heteroatoms. The molecule has 0 heterocycles. The van der Waals surface area contributed by atoms with Gasteiger partial charge in [0.25, 0.3) is 0 Å². The van der Waals surface area contributed by atoms with Gasteiger partial charge in [0.2, 0.25) is 5.91 Å². The van der Waals surface area contributed by atoms with Gasteiger partial charge < -0.3 is 20.9 Å². The number of nitrogens with two attached hydrogens (primary N) is 1. The molecule has 0 bridgehead atoms. The molecule has 0 rings (SSSR count). The Bertz CT molecular complexity index is 915. The number of hydrogen-bond donors (Lipinski definition) is 3. The maximum Gasteiger partial charge on any atom is 0.326 e. The van der Waals surface area contributed by atoms with Crippen molar-refractivity contribution in [2.75, 3.05) is 6.54 Å². The van der Waals surface area contributed by atoms with E-state index in [0.717, 1.165) is 57.8 Å². The number of nitrogens with one attached hydrogen (secondary N) is 1. The van der Waals surface area contributed by atoms with Gasteiger partial charge in [-0.3, -0.25) is 9.59 Å². The molecular formula is C45H82N2O5. The number of hydrogen-bond acceptors (Lipinski definition) is 5. The van der Waals surface area contributed by atoms with Crippen LogP contribution in [0.2, 0.25) is 0 Å². The van der Waals surface area contributed by atoms with Crippen LogP contribution < -0.4 is 11.1 Å². The van der Waals surface area contributed by atoms with Crippen molar-refractivity contribution in [3.63, 3.8) is 0 Å². The third-order valence-electron chi connectivity index (χ3n) is 9.64. The number of unbranched alkanes of at least 4 members (excludes halogenated alkanes) is 21. The first-order chi connectivity index (χ1) is 25.4. The standard InChI is InChI=1S/C45H82N2O5/c1-3-5-7-9-11-12-13-14-15-16-17-18-19-20-21-22-23-24-25-27-33-39-44(49)52-41(35-30-26-10-8-6-4-2)36-31-28-29-32-38-43(48)47-42(45(50)51)37-34-40-46/h8,10,16-17,30,35,41-42H,3-7,9,11-15,18-29,31-34,36-40,46H2,1-2H3,(H,47,48)(H,50,51)/b10-8-,17-16-,35-30-. The number of carbonyl (C=O) groups excluding carboxylic acids is 2. The third kappa shape index (κ3) is 36.0. The largest absolute Gasteiger partial charge is 0.480 e. The van der Waals surface area contributed by atoms with Gasteiger partial charge in [0.15, 0.2) is 0 Å². The summed E-state index contributed by atoms with van der Waals surface area (Å²) in [5, 5.41) is 11.9. The lowest BCUT2D eigenvalue weighted by atomic mass is 10.0. The zero-order valence-corrected chi connectivity index (χ0v) is 33.9. The quantitative estimate of drug-likeness (QED) is 0.0329. The highest BCUT2D eigenvalue weighted by Crippen LogP contribution is 2.16. The van der Waals surface area contributed by atoms with E-state index in [1.165, 1.54) is 109 Å². The number of carboxylic acids is 1. The Labute approximate surface area is 320 Å². The molecule has 0 spiro atoms. The molecule has 0 aliphatic heterocycles. The SMILES string of the molecule is CCC/C=C\C/C=C\C(CCCCCCC(=O)NC(CCCN)C(=O)O)OC(=O)CCCCCCCCCCC/C=C\CCCCCCCCCC. The van der Waals surface area contributed by atoms with Crippen molar-refractivity contribution in [3.8, 4) is 0 Å². The zero-order valence-electron chi connectivity index (χ0n) is 33.9. The van der Waals surface area contributed by atoms with Crippen LogP contribution in [-0.2, 0) is 19.1 Å². The molecule has 52 heavy (non-hydrogen) atoms. The number of amides is 1. The summed E-state index contributed by atoms with van der Waals surface area (Å²) in [6.07, 6.45) is 46.6. The monoisotopic (exact) mass is 731 g/mol.